The van der Waals surface area contributed by atoms with Crippen LogP contribution in [0.4, 0.5) is 11.4 Å². The lowest BCUT2D eigenvalue weighted by Crippen LogP contribution is -2.07. The fourth-order valence-electron chi connectivity index (χ4n) is 1.91. The van der Waals surface area contributed by atoms with Crippen LogP contribution >= 0.6 is 0 Å². The van der Waals surface area contributed by atoms with E-state index >= 15 is 0 Å². The summed E-state index contributed by atoms with van der Waals surface area (Å²) in [7, 11) is 1.63. The number of nitrogens with one attached hydrogen (secondary N) is 1. The van der Waals surface area contributed by atoms with E-state index in [-0.39, 0.29) is 5.75 Å². The van der Waals surface area contributed by atoms with Crippen molar-refractivity contribution in [2.75, 3.05) is 31.4 Å². The van der Waals surface area contributed by atoms with Crippen LogP contribution in [0.1, 0.15) is 5.56 Å². The third kappa shape index (κ3) is 4.57. The van der Waals surface area contributed by atoms with Gasteiger partial charge in [-0.05, 0) is 35.9 Å². The molecule has 21 heavy (non-hydrogen) atoms. The molecule has 0 aliphatic rings. The zero-order chi connectivity index (χ0) is 15.1. The summed E-state index contributed by atoms with van der Waals surface area (Å²) in [5, 5.41) is 12.7. The lowest BCUT2D eigenvalue weighted by Gasteiger charge is -2.14. The van der Waals surface area contributed by atoms with E-state index in [0.717, 1.165) is 17.0 Å². The van der Waals surface area contributed by atoms with Crippen LogP contribution in [0.25, 0.3) is 0 Å². The predicted molar refractivity (Wildman–Crippen MR) is 83.7 cm³/mol. The zero-order valence-electron chi connectivity index (χ0n) is 12.0. The maximum Gasteiger partial charge on any atom is 0.142 e. The van der Waals surface area contributed by atoms with Crippen LogP contribution in [0, 0.1) is 0 Å². The molecule has 0 atom stereocenters. The number of methoxy groups -OCH3 is 1. The van der Waals surface area contributed by atoms with Crippen LogP contribution in [-0.4, -0.2) is 25.4 Å². The monoisotopic (exact) mass is 288 g/mol. The number of hydrogen-bond donors (Lipinski definition) is 3. The summed E-state index contributed by atoms with van der Waals surface area (Å²) in [6.45, 7) is 1.57. The highest BCUT2D eigenvalue weighted by atomic mass is 16.5. The Bertz CT molecular complexity index is 587. The molecule has 0 unspecified atom stereocenters. The Morgan fingerprint density at radius 1 is 1.14 bits per heavy atom. The van der Waals surface area contributed by atoms with Crippen molar-refractivity contribution in [3.63, 3.8) is 0 Å². The Hall–Kier alpha value is -2.40. The van der Waals surface area contributed by atoms with Gasteiger partial charge < -0.3 is 25.6 Å². The van der Waals surface area contributed by atoms with Crippen LogP contribution in [-0.2, 0) is 11.3 Å². The first-order chi connectivity index (χ1) is 10.2. The number of phenolic OH excluding ortho intramolecular Hbond substituents is 1. The van der Waals surface area contributed by atoms with Crippen LogP contribution < -0.4 is 15.8 Å². The molecule has 4 N–H and O–H groups in total. The van der Waals surface area contributed by atoms with Gasteiger partial charge in [0.15, 0.2) is 0 Å². The average molecular weight is 288 g/mol. The fourth-order valence-corrected chi connectivity index (χ4v) is 1.91. The largest absolute Gasteiger partial charge is 0.508 e. The van der Waals surface area contributed by atoms with Gasteiger partial charge in [-0.2, -0.15) is 0 Å². The van der Waals surface area contributed by atoms with Crippen molar-refractivity contribution < 1.29 is 14.6 Å². The van der Waals surface area contributed by atoms with Gasteiger partial charge in [0.25, 0.3) is 0 Å². The number of aromatic hydroxyl groups is 1. The van der Waals surface area contributed by atoms with E-state index in [1.165, 1.54) is 0 Å². The topological polar surface area (TPSA) is 76.7 Å². The van der Waals surface area contributed by atoms with E-state index < -0.39 is 0 Å². The SMILES string of the molecule is COCCOc1ccc(N)cc1NCc1cccc(O)c1. The lowest BCUT2D eigenvalue weighted by atomic mass is 10.2. The summed E-state index contributed by atoms with van der Waals surface area (Å²) < 4.78 is 10.6. The molecular formula is C16H20N2O3. The lowest BCUT2D eigenvalue weighted by molar-refractivity contribution is 0.146. The molecular weight excluding hydrogens is 268 g/mol. The Balaban J connectivity index is 2.05. The van der Waals surface area contributed by atoms with E-state index in [0.29, 0.717) is 25.4 Å². The van der Waals surface area contributed by atoms with Gasteiger partial charge in [0.2, 0.25) is 0 Å². The van der Waals surface area contributed by atoms with Gasteiger partial charge in [0.05, 0.1) is 12.3 Å². The number of hydrogen-bond acceptors (Lipinski definition) is 5. The number of anilines is 2. The minimum Gasteiger partial charge on any atom is -0.508 e. The molecule has 5 heteroatoms. The second-order valence-corrected chi connectivity index (χ2v) is 4.62. The van der Waals surface area contributed by atoms with Gasteiger partial charge in [-0.1, -0.05) is 12.1 Å². The molecule has 0 bridgehead atoms. The van der Waals surface area contributed by atoms with Gasteiger partial charge in [-0.15, -0.1) is 0 Å². The minimum absolute atomic E-state index is 0.249. The van der Waals surface area contributed by atoms with Crippen molar-refractivity contribution in [3.8, 4) is 11.5 Å². The first-order valence-corrected chi connectivity index (χ1v) is 6.72. The Labute approximate surface area is 124 Å². The third-order valence-corrected chi connectivity index (χ3v) is 2.94. The summed E-state index contributed by atoms with van der Waals surface area (Å²) in [6.07, 6.45) is 0. The number of nitrogen functional groups attached to an aromatic ring is 1. The van der Waals surface area contributed by atoms with Gasteiger partial charge in [0, 0.05) is 19.3 Å². The molecule has 0 spiro atoms. The molecule has 2 rings (SSSR count). The van der Waals surface area contributed by atoms with Crippen molar-refractivity contribution in [1.29, 1.82) is 0 Å². The van der Waals surface area contributed by atoms with Crippen molar-refractivity contribution >= 4 is 11.4 Å². The van der Waals surface area contributed by atoms with Gasteiger partial charge >= 0.3 is 0 Å². The summed E-state index contributed by atoms with van der Waals surface area (Å²) in [4.78, 5) is 0. The van der Waals surface area contributed by atoms with E-state index in [1.807, 2.05) is 24.3 Å². The molecule has 0 aliphatic heterocycles. The van der Waals surface area contributed by atoms with E-state index in [2.05, 4.69) is 5.32 Å². The molecule has 0 saturated carbocycles. The molecule has 0 aromatic heterocycles. The van der Waals surface area contributed by atoms with Crippen LogP contribution in [0.2, 0.25) is 0 Å². The average Bonchev–Trinajstić information content (AvgIpc) is 2.47. The molecule has 112 valence electrons. The second kappa shape index (κ2) is 7.40. The van der Waals surface area contributed by atoms with Gasteiger partial charge in [-0.25, -0.2) is 0 Å². The molecule has 5 nitrogen and oxygen atoms in total. The molecule has 0 fully saturated rings. The number of nitrogens with two attached hydrogens (primary N) is 1. The molecule has 0 amide bonds. The molecule has 0 heterocycles. The number of benzene rings is 2. The van der Waals surface area contributed by atoms with E-state index in [9.17, 15) is 5.11 Å². The smallest absolute Gasteiger partial charge is 0.142 e. The molecule has 2 aromatic carbocycles. The summed E-state index contributed by atoms with van der Waals surface area (Å²) in [5.41, 5.74) is 8.26. The van der Waals surface area contributed by atoms with Crippen molar-refractivity contribution in [1.82, 2.24) is 0 Å². The normalized spacial score (nSPS) is 10.3. The van der Waals surface area contributed by atoms with Crippen LogP contribution in [0.5, 0.6) is 11.5 Å². The standard InChI is InChI=1S/C16H20N2O3/c1-20-7-8-21-16-6-5-13(17)10-15(16)18-11-12-3-2-4-14(19)9-12/h2-6,9-10,18-19H,7-8,11,17H2,1H3. The summed E-state index contributed by atoms with van der Waals surface area (Å²) >= 11 is 0. The predicted octanol–water partition coefficient (Wildman–Crippen LogP) is 2.61. The Morgan fingerprint density at radius 3 is 2.76 bits per heavy atom. The first-order valence-electron chi connectivity index (χ1n) is 6.72. The van der Waals surface area contributed by atoms with Crippen LogP contribution in [0.3, 0.4) is 0 Å². The van der Waals surface area contributed by atoms with Crippen molar-refractivity contribution in [2.45, 2.75) is 6.54 Å². The van der Waals surface area contributed by atoms with Crippen molar-refractivity contribution in [3.05, 3.63) is 48.0 Å². The highest BCUT2D eigenvalue weighted by Gasteiger charge is 2.05. The Morgan fingerprint density at radius 2 is 2.00 bits per heavy atom. The minimum atomic E-state index is 0.249. The van der Waals surface area contributed by atoms with E-state index in [4.69, 9.17) is 15.2 Å². The number of phenols is 1. The van der Waals surface area contributed by atoms with Crippen LogP contribution in [0.15, 0.2) is 42.5 Å². The Kier molecular flexibility index (Phi) is 5.29. The van der Waals surface area contributed by atoms with Gasteiger partial charge in [-0.3, -0.25) is 0 Å². The van der Waals surface area contributed by atoms with Gasteiger partial charge in [0.1, 0.15) is 18.1 Å². The highest BCUT2D eigenvalue weighted by molar-refractivity contribution is 5.63. The van der Waals surface area contributed by atoms with E-state index in [1.54, 1.807) is 25.3 Å². The molecule has 0 radical (unpaired) electrons. The summed E-state index contributed by atoms with van der Waals surface area (Å²) in [5.74, 6) is 0.972. The summed E-state index contributed by atoms with van der Waals surface area (Å²) in [6, 6.07) is 12.5. The maximum atomic E-state index is 9.47. The van der Waals surface area contributed by atoms with Crippen molar-refractivity contribution in [2.24, 2.45) is 0 Å². The molecule has 0 aliphatic carbocycles. The highest BCUT2D eigenvalue weighted by Crippen LogP contribution is 2.27. The maximum absolute atomic E-state index is 9.47. The quantitative estimate of drug-likeness (QED) is 0.539. The number of rotatable bonds is 7. The zero-order valence-corrected chi connectivity index (χ0v) is 12.0. The first kappa shape index (κ1) is 15.0. The fraction of sp³-hybridized carbons (Fsp3) is 0.250. The number of ether oxygens (including phenoxy) is 2. The molecule has 0 saturated heterocycles. The molecule has 2 aromatic rings. The third-order valence-electron chi connectivity index (χ3n) is 2.94. The second-order valence-electron chi connectivity index (χ2n) is 4.62.